The lowest BCUT2D eigenvalue weighted by atomic mass is 10.2. The van der Waals surface area contributed by atoms with Crippen LogP contribution in [0.1, 0.15) is 37.4 Å². The highest BCUT2D eigenvalue weighted by molar-refractivity contribution is 6.31. The maximum atomic E-state index is 10.7. The van der Waals surface area contributed by atoms with Gasteiger partial charge in [-0.3, -0.25) is 4.79 Å². The fourth-order valence-electron chi connectivity index (χ4n) is 2.10. The number of nitrogens with zero attached hydrogens (tertiary/aromatic N) is 3. The quantitative estimate of drug-likeness (QED) is 0.657. The number of pyridine rings is 1. The number of fused-ring (bicyclic) bond motifs is 1. The van der Waals surface area contributed by atoms with Crippen LogP contribution in [0.5, 0.6) is 0 Å². The van der Waals surface area contributed by atoms with Gasteiger partial charge in [0.2, 0.25) is 5.91 Å². The van der Waals surface area contributed by atoms with Gasteiger partial charge in [0.05, 0.1) is 10.4 Å². The largest absolute Gasteiger partial charge is 0.370 e. The molecule has 0 radical (unpaired) electrons. The van der Waals surface area contributed by atoms with Crippen LogP contribution in [0.2, 0.25) is 5.02 Å². The first-order valence-electron chi connectivity index (χ1n) is 6.43. The number of primary amides is 1. The van der Waals surface area contributed by atoms with Crippen molar-refractivity contribution in [2.75, 3.05) is 0 Å². The molecule has 2 heterocycles. The zero-order chi connectivity index (χ0) is 14.7. The van der Waals surface area contributed by atoms with E-state index in [1.165, 1.54) is 0 Å². The molecule has 2 aromatic heterocycles. The Morgan fingerprint density at radius 3 is 2.90 bits per heavy atom. The molecular weight excluding hydrogens is 299 g/mol. The van der Waals surface area contributed by atoms with Crippen molar-refractivity contribution in [1.29, 1.82) is 0 Å². The third kappa shape index (κ3) is 3.41. The van der Waals surface area contributed by atoms with Crippen molar-refractivity contribution in [2.45, 2.75) is 38.1 Å². The summed E-state index contributed by atoms with van der Waals surface area (Å²) < 4.78 is 1.98. The van der Waals surface area contributed by atoms with Crippen LogP contribution in [0.4, 0.5) is 0 Å². The molecule has 2 N–H and O–H groups in total. The lowest BCUT2D eigenvalue weighted by molar-refractivity contribution is -0.118. The molecule has 0 fully saturated rings. The van der Waals surface area contributed by atoms with Crippen molar-refractivity contribution in [3.63, 3.8) is 0 Å². The van der Waals surface area contributed by atoms with Crippen molar-refractivity contribution >= 4 is 40.3 Å². The molecule has 0 spiro atoms. The van der Waals surface area contributed by atoms with Gasteiger partial charge in [-0.25, -0.2) is 9.97 Å². The number of hydrogen-bond donors (Lipinski definition) is 1. The highest BCUT2D eigenvalue weighted by Crippen LogP contribution is 2.25. The number of aromatic nitrogens is 3. The molecule has 108 valence electrons. The van der Waals surface area contributed by atoms with Crippen LogP contribution < -0.4 is 5.73 Å². The molecule has 0 saturated carbocycles. The van der Waals surface area contributed by atoms with E-state index in [4.69, 9.17) is 28.9 Å². The van der Waals surface area contributed by atoms with Gasteiger partial charge in [0.1, 0.15) is 11.3 Å². The van der Waals surface area contributed by atoms with Crippen molar-refractivity contribution < 1.29 is 4.79 Å². The molecule has 1 atom stereocenters. The second-order valence-electron chi connectivity index (χ2n) is 4.66. The minimum absolute atomic E-state index is 0.223. The third-order valence-electron chi connectivity index (χ3n) is 2.99. The highest BCUT2D eigenvalue weighted by atomic mass is 35.5. The Morgan fingerprint density at radius 1 is 1.50 bits per heavy atom. The number of nitrogens with two attached hydrogens (primary N) is 1. The zero-order valence-electron chi connectivity index (χ0n) is 11.1. The number of imidazole rings is 1. The first-order chi connectivity index (χ1) is 9.49. The van der Waals surface area contributed by atoms with Crippen LogP contribution in [-0.2, 0) is 11.3 Å². The molecule has 0 bridgehead atoms. The summed E-state index contributed by atoms with van der Waals surface area (Å²) in [4.78, 5) is 19.5. The third-order valence-corrected chi connectivity index (χ3v) is 3.39. The highest BCUT2D eigenvalue weighted by Gasteiger charge is 2.15. The summed E-state index contributed by atoms with van der Waals surface area (Å²) in [5, 5.41) is 0.323. The Balaban J connectivity index is 2.24. The molecule has 20 heavy (non-hydrogen) atoms. The van der Waals surface area contributed by atoms with E-state index in [-0.39, 0.29) is 11.3 Å². The number of aryl methyl sites for hydroxylation is 1. The second-order valence-corrected chi connectivity index (χ2v) is 5.75. The van der Waals surface area contributed by atoms with Crippen molar-refractivity contribution in [3.05, 3.63) is 23.1 Å². The fourth-order valence-corrected chi connectivity index (χ4v) is 2.42. The Hall–Kier alpha value is -1.33. The molecule has 0 aliphatic heterocycles. The minimum atomic E-state index is -0.281. The molecule has 0 aromatic carbocycles. The van der Waals surface area contributed by atoms with E-state index < -0.39 is 0 Å². The molecule has 1 amide bonds. The Labute approximate surface area is 127 Å². The number of hydrogen-bond acceptors (Lipinski definition) is 3. The Morgan fingerprint density at radius 2 is 2.25 bits per heavy atom. The fraction of sp³-hybridized carbons (Fsp3) is 0.462. The van der Waals surface area contributed by atoms with Crippen molar-refractivity contribution in [1.82, 2.24) is 14.5 Å². The first-order valence-corrected chi connectivity index (χ1v) is 7.24. The van der Waals surface area contributed by atoms with E-state index in [2.05, 4.69) is 9.97 Å². The van der Waals surface area contributed by atoms with Gasteiger partial charge in [-0.15, -0.1) is 11.6 Å². The predicted molar refractivity (Wildman–Crippen MR) is 79.9 cm³/mol. The normalized spacial score (nSPS) is 12.8. The summed E-state index contributed by atoms with van der Waals surface area (Å²) in [5.74, 6) is 0.479. The summed E-state index contributed by atoms with van der Waals surface area (Å²) >= 11 is 12.1. The lowest BCUT2D eigenvalue weighted by Gasteiger charge is -2.09. The van der Waals surface area contributed by atoms with Crippen molar-refractivity contribution in [2.24, 2.45) is 5.73 Å². The molecule has 0 saturated heterocycles. The average molecular weight is 315 g/mol. The van der Waals surface area contributed by atoms with Gasteiger partial charge in [0, 0.05) is 19.2 Å². The molecule has 7 heteroatoms. The van der Waals surface area contributed by atoms with Gasteiger partial charge in [0.15, 0.2) is 5.65 Å². The van der Waals surface area contributed by atoms with E-state index in [0.717, 1.165) is 29.8 Å². The van der Waals surface area contributed by atoms with E-state index in [1.54, 1.807) is 12.3 Å². The summed E-state index contributed by atoms with van der Waals surface area (Å²) in [6.45, 7) is 2.56. The van der Waals surface area contributed by atoms with Gasteiger partial charge in [-0.05, 0) is 25.8 Å². The number of unbranched alkanes of at least 4 members (excludes halogenated alkanes) is 1. The summed E-state index contributed by atoms with van der Waals surface area (Å²) in [6, 6.07) is 1.77. The Kier molecular flexibility index (Phi) is 4.83. The van der Waals surface area contributed by atoms with Crippen LogP contribution in [0.15, 0.2) is 12.3 Å². The maximum Gasteiger partial charge on any atom is 0.217 e. The number of amides is 1. The smallest absolute Gasteiger partial charge is 0.217 e. The Bertz CT molecular complexity index is 624. The second kappa shape index (κ2) is 6.41. The van der Waals surface area contributed by atoms with E-state index in [0.29, 0.717) is 18.0 Å². The molecule has 1 unspecified atom stereocenters. The van der Waals surface area contributed by atoms with Crippen LogP contribution in [0.25, 0.3) is 11.2 Å². The van der Waals surface area contributed by atoms with Gasteiger partial charge < -0.3 is 10.3 Å². The molecular formula is C13H16Cl2N4O. The minimum Gasteiger partial charge on any atom is -0.370 e. The molecule has 5 nitrogen and oxygen atoms in total. The zero-order valence-corrected chi connectivity index (χ0v) is 12.7. The van der Waals surface area contributed by atoms with Gasteiger partial charge in [-0.1, -0.05) is 11.6 Å². The van der Waals surface area contributed by atoms with Crippen LogP contribution in [0, 0.1) is 0 Å². The van der Waals surface area contributed by atoms with Gasteiger partial charge >= 0.3 is 0 Å². The van der Waals surface area contributed by atoms with Crippen LogP contribution in [-0.4, -0.2) is 20.4 Å². The van der Waals surface area contributed by atoms with Crippen LogP contribution >= 0.6 is 23.2 Å². The molecule has 0 aliphatic carbocycles. The molecule has 2 rings (SSSR count). The summed E-state index contributed by atoms with van der Waals surface area (Å²) in [7, 11) is 0. The van der Waals surface area contributed by atoms with E-state index >= 15 is 0 Å². The summed E-state index contributed by atoms with van der Waals surface area (Å²) in [5.41, 5.74) is 6.62. The topological polar surface area (TPSA) is 73.8 Å². The standard InChI is InChI=1S/C13H16Cl2N4O/c1-8(14)12-18-10-6-9(15)7-17-13(10)19(12)5-3-2-4-11(16)20/h6-8H,2-5H2,1H3,(H2,16,20). The first kappa shape index (κ1) is 15.1. The monoisotopic (exact) mass is 314 g/mol. The van der Waals surface area contributed by atoms with E-state index in [9.17, 15) is 4.79 Å². The van der Waals surface area contributed by atoms with Gasteiger partial charge in [-0.2, -0.15) is 0 Å². The van der Waals surface area contributed by atoms with Gasteiger partial charge in [0.25, 0.3) is 0 Å². The molecule has 0 aliphatic rings. The molecule has 2 aromatic rings. The van der Waals surface area contributed by atoms with Crippen molar-refractivity contribution in [3.8, 4) is 0 Å². The number of halogens is 2. The number of carbonyl (C=O) groups is 1. The van der Waals surface area contributed by atoms with Crippen LogP contribution in [0.3, 0.4) is 0 Å². The number of carbonyl (C=O) groups excluding carboxylic acids is 1. The SMILES string of the molecule is CC(Cl)c1nc2cc(Cl)cnc2n1CCCCC(N)=O. The maximum absolute atomic E-state index is 10.7. The van der Waals surface area contributed by atoms with E-state index in [1.807, 2.05) is 11.5 Å². The predicted octanol–water partition coefficient (Wildman–Crippen LogP) is 3.04. The summed E-state index contributed by atoms with van der Waals surface area (Å²) in [6.07, 6.45) is 3.53. The lowest BCUT2D eigenvalue weighted by Crippen LogP contribution is -2.11. The average Bonchev–Trinajstić information content (AvgIpc) is 2.72. The number of alkyl halides is 1. The number of rotatable bonds is 6.